The number of carboxylic acids is 1. The van der Waals surface area contributed by atoms with Gasteiger partial charge in [-0.05, 0) is 110 Å². The van der Waals surface area contributed by atoms with E-state index >= 15 is 0 Å². The highest BCUT2D eigenvalue weighted by atomic mass is 32.1. The number of carbonyl (C=O) groups is 1. The molecule has 4 nitrogen and oxygen atoms in total. The van der Waals surface area contributed by atoms with Gasteiger partial charge in [-0.15, -0.1) is 45.3 Å². The molecule has 0 saturated carbocycles. The molecule has 0 saturated heterocycles. The minimum Gasteiger partial charge on any atom is -0.477 e. The monoisotopic (exact) mass is 954 g/mol. The molecular weight excluding hydrogens is 885 g/mol. The first-order valence-corrected chi connectivity index (χ1v) is 28.5. The zero-order valence-corrected chi connectivity index (χ0v) is 43.0. The molecular formula is C58H70N2O2S4. The molecule has 0 radical (unpaired) electrons. The van der Waals surface area contributed by atoms with Crippen LogP contribution in [-0.2, 0) is 24.2 Å². The van der Waals surface area contributed by atoms with Crippen molar-refractivity contribution in [3.8, 4) is 45.8 Å². The molecule has 0 bridgehead atoms. The van der Waals surface area contributed by atoms with E-state index in [1.54, 1.807) is 11.3 Å². The first-order chi connectivity index (χ1) is 32.4. The van der Waals surface area contributed by atoms with Gasteiger partial charge in [-0.2, -0.15) is 5.26 Å². The van der Waals surface area contributed by atoms with Crippen LogP contribution >= 0.6 is 45.3 Å². The molecule has 7 rings (SSSR count). The van der Waals surface area contributed by atoms with Crippen LogP contribution in [0.1, 0.15) is 165 Å². The molecule has 0 fully saturated rings. The fourth-order valence-corrected chi connectivity index (χ4v) is 14.2. The van der Waals surface area contributed by atoms with Crippen LogP contribution in [-0.4, -0.2) is 15.6 Å². The number of hydrogen-bond acceptors (Lipinski definition) is 6. The number of thiophene rings is 4. The molecule has 1 N–H and O–H groups in total. The zero-order valence-electron chi connectivity index (χ0n) is 39.7. The third kappa shape index (κ3) is 13.0. The van der Waals surface area contributed by atoms with E-state index in [1.807, 2.05) is 46.1 Å². The van der Waals surface area contributed by atoms with Crippen molar-refractivity contribution in [1.82, 2.24) is 4.57 Å². The quantitative estimate of drug-likeness (QED) is 0.0289. The van der Waals surface area contributed by atoms with Gasteiger partial charge in [0.15, 0.2) is 0 Å². The van der Waals surface area contributed by atoms with Crippen LogP contribution < -0.4 is 0 Å². The van der Waals surface area contributed by atoms with Crippen LogP contribution in [0, 0.1) is 11.3 Å². The fraction of sp³-hybridized carbons (Fsp3) is 0.448. The number of para-hydroxylation sites is 1. The van der Waals surface area contributed by atoms with Crippen molar-refractivity contribution in [2.45, 2.75) is 169 Å². The van der Waals surface area contributed by atoms with Crippen molar-refractivity contribution in [2.24, 2.45) is 0 Å². The maximum absolute atomic E-state index is 11.7. The smallest absolute Gasteiger partial charge is 0.346 e. The van der Waals surface area contributed by atoms with Gasteiger partial charge in [-0.25, -0.2) is 4.79 Å². The summed E-state index contributed by atoms with van der Waals surface area (Å²) in [4.78, 5) is 21.6. The van der Waals surface area contributed by atoms with E-state index < -0.39 is 5.97 Å². The number of carboxylic acid groups (broad SMARTS) is 1. The van der Waals surface area contributed by atoms with Gasteiger partial charge >= 0.3 is 5.97 Å². The average Bonchev–Trinajstić information content (AvgIpc) is 4.19. The number of hydrogen-bond donors (Lipinski definition) is 1. The number of fused-ring (bicyclic) bond motifs is 3. The highest BCUT2D eigenvalue weighted by Gasteiger charge is 2.20. The SMILES string of the molecule is CCCCCCCCCCCCc1cc(-c2cc(CCCCCCCCCCCC)c(-c3ccc(-c4ccc5c(c4)c4ccccc4n5CC)s3)s2)sc1-c1ccc(/C=C(\C#N)C(=O)O)s1. The van der Waals surface area contributed by atoms with Gasteiger partial charge in [-0.1, -0.05) is 154 Å². The number of aliphatic carboxylic acids is 1. The van der Waals surface area contributed by atoms with Gasteiger partial charge < -0.3 is 9.67 Å². The van der Waals surface area contributed by atoms with Crippen LogP contribution in [0.5, 0.6) is 0 Å². The number of rotatable bonds is 29. The van der Waals surface area contributed by atoms with E-state index in [2.05, 4.69) is 98.1 Å². The number of unbranched alkanes of at least 4 members (excludes halogenated alkanes) is 18. The molecule has 8 heteroatoms. The van der Waals surface area contributed by atoms with Crippen molar-refractivity contribution >= 4 is 79.2 Å². The number of benzene rings is 2. The number of nitrogens with zero attached hydrogens (tertiary/aromatic N) is 2. The maximum Gasteiger partial charge on any atom is 0.346 e. The lowest BCUT2D eigenvalue weighted by atomic mass is 10.0. The molecule has 0 aliphatic carbocycles. The molecule has 66 heavy (non-hydrogen) atoms. The van der Waals surface area contributed by atoms with Crippen LogP contribution in [0.4, 0.5) is 0 Å². The normalized spacial score (nSPS) is 11.9. The van der Waals surface area contributed by atoms with Gasteiger partial charge in [0, 0.05) is 67.4 Å². The first kappa shape index (κ1) is 49.6. The number of aryl methyl sites for hydroxylation is 3. The van der Waals surface area contributed by atoms with E-state index in [0.717, 1.165) is 35.6 Å². The Labute approximate surface area is 411 Å². The molecule has 0 spiro atoms. The van der Waals surface area contributed by atoms with Gasteiger partial charge in [0.05, 0.1) is 0 Å². The molecule has 7 aromatic rings. The largest absolute Gasteiger partial charge is 0.477 e. The average molecular weight is 955 g/mol. The summed E-state index contributed by atoms with van der Waals surface area (Å²) in [6.07, 6.45) is 30.1. The van der Waals surface area contributed by atoms with Crippen molar-refractivity contribution < 1.29 is 9.90 Å². The fourth-order valence-electron chi connectivity index (χ4n) is 9.49. The second kappa shape index (κ2) is 25.8. The summed E-state index contributed by atoms with van der Waals surface area (Å²) in [6, 6.07) is 31.4. The van der Waals surface area contributed by atoms with Gasteiger partial charge in [0.2, 0.25) is 0 Å². The molecule has 5 heterocycles. The molecule has 0 aliphatic rings. The number of nitriles is 1. The van der Waals surface area contributed by atoms with E-state index in [-0.39, 0.29) is 5.57 Å². The Kier molecular flexibility index (Phi) is 19.4. The van der Waals surface area contributed by atoms with Crippen molar-refractivity contribution in [1.29, 1.82) is 5.26 Å². The Hall–Kier alpha value is -4.26. The van der Waals surface area contributed by atoms with Crippen LogP contribution in [0.3, 0.4) is 0 Å². The van der Waals surface area contributed by atoms with Gasteiger partial charge in [0.1, 0.15) is 11.6 Å². The molecule has 0 unspecified atom stereocenters. The maximum atomic E-state index is 11.7. The van der Waals surface area contributed by atoms with Crippen molar-refractivity contribution in [2.75, 3.05) is 0 Å². The predicted octanol–water partition coefficient (Wildman–Crippen LogP) is 19.6. The minimum atomic E-state index is -1.19. The summed E-state index contributed by atoms with van der Waals surface area (Å²) in [5.41, 5.74) is 6.50. The van der Waals surface area contributed by atoms with Crippen molar-refractivity contribution in [3.63, 3.8) is 0 Å². The second-order valence-corrected chi connectivity index (χ2v) is 22.4. The summed E-state index contributed by atoms with van der Waals surface area (Å²) in [6.45, 7) is 7.76. The van der Waals surface area contributed by atoms with Crippen LogP contribution in [0.25, 0.3) is 67.6 Å². The second-order valence-electron chi connectivity index (χ2n) is 18.1. The standard InChI is InChI=1S/C58H70N2O2S4/c1-4-7-9-11-13-15-17-19-21-23-27-43-39-54(65-56(43)52-34-32-46(63-52)37-45(41-59)58(61)62)55-40-44(28-24-22-20-18-16-14-12-10-8-5-2)57(66-55)53-36-35-51(64-53)42-31-33-50-48(38-42)47-29-25-26-30-49(47)60(50)6-3/h25-26,29-40H,4-24,27-28H2,1-3H3,(H,61,62)/b45-37+. The zero-order chi connectivity index (χ0) is 46.1. The third-order valence-corrected chi connectivity index (χ3v) is 18.2. The van der Waals surface area contributed by atoms with E-state index in [0.29, 0.717) is 0 Å². The summed E-state index contributed by atoms with van der Waals surface area (Å²) in [5.74, 6) is -1.19. The molecule has 2 aromatic carbocycles. The minimum absolute atomic E-state index is 0.233. The lowest BCUT2D eigenvalue weighted by Crippen LogP contribution is -1.96. The Morgan fingerprint density at radius 3 is 1.59 bits per heavy atom. The number of aromatic nitrogens is 1. The molecule has 0 atom stereocenters. The Balaban J connectivity index is 1.15. The highest BCUT2D eigenvalue weighted by Crippen LogP contribution is 2.48. The predicted molar refractivity (Wildman–Crippen MR) is 291 cm³/mol. The lowest BCUT2D eigenvalue weighted by Gasteiger charge is -2.04. The van der Waals surface area contributed by atoms with E-state index in [1.165, 1.54) is 196 Å². The van der Waals surface area contributed by atoms with Gasteiger partial charge in [-0.3, -0.25) is 0 Å². The lowest BCUT2D eigenvalue weighted by molar-refractivity contribution is -0.132. The summed E-state index contributed by atoms with van der Waals surface area (Å²) < 4.78 is 2.43. The third-order valence-electron chi connectivity index (χ3n) is 13.2. The van der Waals surface area contributed by atoms with E-state index in [9.17, 15) is 15.2 Å². The van der Waals surface area contributed by atoms with Crippen LogP contribution in [0.15, 0.2) is 84.4 Å². The molecule has 348 valence electrons. The molecule has 0 aliphatic heterocycles. The Morgan fingerprint density at radius 2 is 1.05 bits per heavy atom. The summed E-state index contributed by atoms with van der Waals surface area (Å²) >= 11 is 7.35. The Morgan fingerprint density at radius 1 is 0.545 bits per heavy atom. The van der Waals surface area contributed by atoms with Crippen LogP contribution in [0.2, 0.25) is 0 Å². The van der Waals surface area contributed by atoms with Gasteiger partial charge in [0.25, 0.3) is 0 Å². The molecule has 5 aromatic heterocycles. The summed E-state index contributed by atoms with van der Waals surface area (Å²) in [5, 5.41) is 21.7. The highest BCUT2D eigenvalue weighted by molar-refractivity contribution is 7.29. The van der Waals surface area contributed by atoms with E-state index in [4.69, 9.17) is 0 Å². The first-order valence-electron chi connectivity index (χ1n) is 25.2. The summed E-state index contributed by atoms with van der Waals surface area (Å²) in [7, 11) is 0. The Bertz CT molecular complexity index is 2690. The molecule has 0 amide bonds. The topological polar surface area (TPSA) is 66.0 Å². The van der Waals surface area contributed by atoms with Crippen molar-refractivity contribution in [3.05, 3.63) is 100 Å².